The number of benzene rings is 1. The van der Waals surface area contributed by atoms with Crippen LogP contribution in [0.25, 0.3) is 0 Å². The third kappa shape index (κ3) is 1.08. The number of fused-ring (bicyclic) bond motifs is 1. The number of nitrogens with two attached hydrogens (primary N) is 1. The summed E-state index contributed by atoms with van der Waals surface area (Å²) in [5.74, 6) is -0.551. The average molecular weight is 191 g/mol. The lowest BCUT2D eigenvalue weighted by atomic mass is 9.88. The molecule has 0 bridgehead atoms. The summed E-state index contributed by atoms with van der Waals surface area (Å²) < 4.78 is 0. The number of hydrogen-bond donors (Lipinski definition) is 2. The minimum Gasteiger partial charge on any atom is -0.507 e. The van der Waals surface area contributed by atoms with Gasteiger partial charge in [-0.05, 0) is 12.1 Å². The van der Waals surface area contributed by atoms with Crippen LogP contribution in [0.3, 0.4) is 0 Å². The van der Waals surface area contributed by atoms with Crippen molar-refractivity contribution in [3.63, 3.8) is 0 Å². The highest BCUT2D eigenvalue weighted by atomic mass is 16.3. The molecule has 14 heavy (non-hydrogen) atoms. The van der Waals surface area contributed by atoms with Gasteiger partial charge in [0.05, 0.1) is 11.1 Å². The zero-order chi connectivity index (χ0) is 10.3. The number of hydrogen-bond acceptors (Lipinski definition) is 4. The maximum absolute atomic E-state index is 11.5. The maximum Gasteiger partial charge on any atom is 0.167 e. The molecule has 0 saturated heterocycles. The summed E-state index contributed by atoms with van der Waals surface area (Å²) in [6.07, 6.45) is 0.336. The van der Waals surface area contributed by atoms with Crippen molar-refractivity contribution in [3.8, 4) is 5.75 Å². The van der Waals surface area contributed by atoms with Crippen LogP contribution in [0.1, 0.15) is 33.6 Å². The number of phenolic OH excluding ortho intramolecular Hbond substituents is 1. The SMILES string of the molecule is Nc1ccc(O)c2c1C(=O)CCC2=O. The molecule has 0 aliphatic heterocycles. The van der Waals surface area contributed by atoms with Crippen LogP contribution in [0.2, 0.25) is 0 Å². The number of carbonyl (C=O) groups is 2. The Bertz CT molecular complexity index is 396. The Hall–Kier alpha value is -1.84. The summed E-state index contributed by atoms with van der Waals surface area (Å²) in [5.41, 5.74) is 6.10. The van der Waals surface area contributed by atoms with Crippen molar-refractivity contribution in [3.05, 3.63) is 23.3 Å². The molecule has 4 heteroatoms. The van der Waals surface area contributed by atoms with Gasteiger partial charge in [-0.2, -0.15) is 0 Å². The van der Waals surface area contributed by atoms with Crippen molar-refractivity contribution in [2.24, 2.45) is 0 Å². The number of nitrogen functional groups attached to an aromatic ring is 1. The normalized spacial score (nSPS) is 15.4. The number of aromatic hydroxyl groups is 1. The second kappa shape index (κ2) is 2.83. The molecule has 4 nitrogen and oxygen atoms in total. The van der Waals surface area contributed by atoms with Gasteiger partial charge >= 0.3 is 0 Å². The van der Waals surface area contributed by atoms with Crippen LogP contribution >= 0.6 is 0 Å². The molecule has 0 heterocycles. The number of Topliss-reactive ketones (excluding diaryl/α,β-unsaturated/α-hetero) is 2. The van der Waals surface area contributed by atoms with Crippen molar-refractivity contribution >= 4 is 17.3 Å². The Morgan fingerprint density at radius 3 is 2.21 bits per heavy atom. The van der Waals surface area contributed by atoms with Gasteiger partial charge in [-0.3, -0.25) is 9.59 Å². The minimum absolute atomic E-state index is 0.0845. The van der Waals surface area contributed by atoms with E-state index in [1.54, 1.807) is 0 Å². The highest BCUT2D eigenvalue weighted by Gasteiger charge is 2.28. The standard InChI is InChI=1S/C10H9NO3/c11-5-1-2-7(13)10-8(14)4-3-6(12)9(5)10/h1-2,13H,3-4,11H2. The summed E-state index contributed by atoms with van der Waals surface area (Å²) in [6.45, 7) is 0. The molecular formula is C10H9NO3. The molecule has 0 atom stereocenters. The molecule has 1 aliphatic carbocycles. The van der Waals surface area contributed by atoms with E-state index in [1.807, 2.05) is 0 Å². The van der Waals surface area contributed by atoms with Crippen LogP contribution in [0.5, 0.6) is 5.75 Å². The molecule has 0 fully saturated rings. The van der Waals surface area contributed by atoms with Crippen molar-refractivity contribution in [2.75, 3.05) is 5.73 Å². The first-order valence-electron chi connectivity index (χ1n) is 4.29. The molecule has 0 amide bonds. The zero-order valence-corrected chi connectivity index (χ0v) is 7.41. The molecule has 3 N–H and O–H groups in total. The van der Waals surface area contributed by atoms with Crippen LogP contribution in [-0.4, -0.2) is 16.7 Å². The molecule has 0 radical (unpaired) electrons. The summed E-state index contributed by atoms with van der Waals surface area (Å²) in [5, 5.41) is 9.44. The highest BCUT2D eigenvalue weighted by molar-refractivity contribution is 6.17. The number of anilines is 1. The maximum atomic E-state index is 11.5. The Balaban J connectivity index is 2.77. The van der Waals surface area contributed by atoms with Gasteiger partial charge in [0.25, 0.3) is 0 Å². The lowest BCUT2D eigenvalue weighted by Gasteiger charge is -2.16. The topological polar surface area (TPSA) is 80.4 Å². The minimum atomic E-state index is -0.218. The molecule has 0 aromatic heterocycles. The second-order valence-electron chi connectivity index (χ2n) is 3.27. The van der Waals surface area contributed by atoms with E-state index >= 15 is 0 Å². The third-order valence-electron chi connectivity index (χ3n) is 2.35. The van der Waals surface area contributed by atoms with Gasteiger partial charge in [-0.1, -0.05) is 0 Å². The van der Waals surface area contributed by atoms with Gasteiger partial charge in [-0.15, -0.1) is 0 Å². The molecule has 0 spiro atoms. The smallest absolute Gasteiger partial charge is 0.167 e. The van der Waals surface area contributed by atoms with Crippen LogP contribution in [-0.2, 0) is 0 Å². The Morgan fingerprint density at radius 2 is 1.64 bits per heavy atom. The number of phenols is 1. The summed E-state index contributed by atoms with van der Waals surface area (Å²) >= 11 is 0. The quantitative estimate of drug-likeness (QED) is 0.476. The molecular weight excluding hydrogens is 182 g/mol. The Morgan fingerprint density at radius 1 is 1.07 bits per heavy atom. The first-order valence-corrected chi connectivity index (χ1v) is 4.29. The Labute approximate surface area is 80.3 Å². The monoisotopic (exact) mass is 191 g/mol. The number of rotatable bonds is 0. The molecule has 1 aromatic carbocycles. The summed E-state index contributed by atoms with van der Waals surface area (Å²) in [4.78, 5) is 22.9. The van der Waals surface area contributed by atoms with E-state index in [9.17, 15) is 14.7 Å². The average Bonchev–Trinajstić information content (AvgIpc) is 2.16. The van der Waals surface area contributed by atoms with Gasteiger partial charge in [0.15, 0.2) is 11.6 Å². The van der Waals surface area contributed by atoms with Crippen LogP contribution in [0.15, 0.2) is 12.1 Å². The Kier molecular flexibility index (Phi) is 1.77. The third-order valence-corrected chi connectivity index (χ3v) is 2.35. The first-order chi connectivity index (χ1) is 6.61. The number of ketones is 2. The predicted molar refractivity (Wildman–Crippen MR) is 50.4 cm³/mol. The largest absolute Gasteiger partial charge is 0.507 e. The second-order valence-corrected chi connectivity index (χ2v) is 3.27. The summed E-state index contributed by atoms with van der Waals surface area (Å²) in [7, 11) is 0. The van der Waals surface area contributed by atoms with E-state index in [-0.39, 0.29) is 47.0 Å². The lowest BCUT2D eigenvalue weighted by molar-refractivity contribution is 0.0888. The van der Waals surface area contributed by atoms with E-state index in [1.165, 1.54) is 12.1 Å². The van der Waals surface area contributed by atoms with E-state index < -0.39 is 0 Å². The molecule has 1 aromatic rings. The van der Waals surface area contributed by atoms with Crippen molar-refractivity contribution in [1.29, 1.82) is 0 Å². The lowest BCUT2D eigenvalue weighted by Crippen LogP contribution is -2.18. The molecule has 0 saturated carbocycles. The van der Waals surface area contributed by atoms with E-state index in [2.05, 4.69) is 0 Å². The fourth-order valence-electron chi connectivity index (χ4n) is 1.67. The van der Waals surface area contributed by atoms with E-state index in [4.69, 9.17) is 5.73 Å². The van der Waals surface area contributed by atoms with Crippen LogP contribution in [0.4, 0.5) is 5.69 Å². The van der Waals surface area contributed by atoms with Gasteiger partial charge in [0.2, 0.25) is 0 Å². The molecule has 2 rings (SSSR count). The molecule has 0 unspecified atom stereocenters. The van der Waals surface area contributed by atoms with Crippen molar-refractivity contribution < 1.29 is 14.7 Å². The number of carbonyl (C=O) groups excluding carboxylic acids is 2. The van der Waals surface area contributed by atoms with Gasteiger partial charge in [0.1, 0.15) is 5.75 Å². The predicted octanol–water partition coefficient (Wildman–Crippen LogP) is 1.13. The van der Waals surface area contributed by atoms with Gasteiger partial charge < -0.3 is 10.8 Å². The molecule has 72 valence electrons. The van der Waals surface area contributed by atoms with Crippen LogP contribution < -0.4 is 5.73 Å². The van der Waals surface area contributed by atoms with Crippen LogP contribution in [0, 0.1) is 0 Å². The van der Waals surface area contributed by atoms with Crippen molar-refractivity contribution in [1.82, 2.24) is 0 Å². The fourth-order valence-corrected chi connectivity index (χ4v) is 1.67. The molecule has 1 aliphatic rings. The summed E-state index contributed by atoms with van der Waals surface area (Å²) in [6, 6.07) is 2.77. The van der Waals surface area contributed by atoms with E-state index in [0.717, 1.165) is 0 Å². The van der Waals surface area contributed by atoms with E-state index in [0.29, 0.717) is 0 Å². The zero-order valence-electron chi connectivity index (χ0n) is 7.41. The van der Waals surface area contributed by atoms with Gasteiger partial charge in [-0.25, -0.2) is 0 Å². The highest BCUT2D eigenvalue weighted by Crippen LogP contribution is 2.32. The van der Waals surface area contributed by atoms with Gasteiger partial charge in [0, 0.05) is 18.5 Å². The van der Waals surface area contributed by atoms with Crippen molar-refractivity contribution in [2.45, 2.75) is 12.8 Å². The fraction of sp³-hybridized carbons (Fsp3) is 0.200. The first kappa shape index (κ1) is 8.74.